The molecule has 256 valence electrons. The van der Waals surface area contributed by atoms with E-state index in [0.29, 0.717) is 25.3 Å². The van der Waals surface area contributed by atoms with Gasteiger partial charge in [-0.2, -0.15) is 0 Å². The molecule has 9 heteroatoms. The van der Waals surface area contributed by atoms with E-state index in [1.54, 1.807) is 12.4 Å². The molecule has 6 rings (SSSR count). The van der Waals surface area contributed by atoms with Crippen molar-refractivity contribution in [3.05, 3.63) is 150 Å². The highest BCUT2D eigenvalue weighted by Crippen LogP contribution is 2.30. The van der Waals surface area contributed by atoms with Crippen LogP contribution in [-0.4, -0.2) is 62.0 Å². The van der Waals surface area contributed by atoms with Gasteiger partial charge >= 0.3 is 6.09 Å². The smallest absolute Gasteiger partial charge is 0.407 e. The van der Waals surface area contributed by atoms with Gasteiger partial charge in [0.05, 0.1) is 13.2 Å². The van der Waals surface area contributed by atoms with E-state index in [9.17, 15) is 9.59 Å². The summed E-state index contributed by atoms with van der Waals surface area (Å²) in [4.78, 5) is 30.8. The zero-order valence-corrected chi connectivity index (χ0v) is 28.0. The molecule has 3 N–H and O–H groups in total. The Morgan fingerprint density at radius 2 is 1.42 bits per heavy atom. The second kappa shape index (κ2) is 17.2. The summed E-state index contributed by atoms with van der Waals surface area (Å²) in [6, 6.07) is 38.2. The average Bonchev–Trinajstić information content (AvgIpc) is 3.18. The highest BCUT2D eigenvalue weighted by molar-refractivity contribution is 5.98. The van der Waals surface area contributed by atoms with Crippen LogP contribution in [0.15, 0.2) is 134 Å². The fourth-order valence-corrected chi connectivity index (χ4v) is 6.29. The van der Waals surface area contributed by atoms with Crippen molar-refractivity contribution in [1.29, 1.82) is 0 Å². The second-order valence-corrected chi connectivity index (χ2v) is 12.2. The van der Waals surface area contributed by atoms with Crippen LogP contribution in [0.5, 0.6) is 5.75 Å². The first kappa shape index (κ1) is 34.4. The van der Waals surface area contributed by atoms with Crippen LogP contribution in [0.3, 0.4) is 0 Å². The Labute approximate surface area is 293 Å². The number of hydrogen-bond donors (Lipinski definition) is 3. The minimum atomic E-state index is -0.946. The van der Waals surface area contributed by atoms with Crippen LogP contribution in [0.4, 0.5) is 10.5 Å². The maximum absolute atomic E-state index is 14.1. The Bertz CT molecular complexity index is 1770. The van der Waals surface area contributed by atoms with Gasteiger partial charge < -0.3 is 30.2 Å². The molecule has 9 nitrogen and oxygen atoms in total. The van der Waals surface area contributed by atoms with Crippen LogP contribution in [0.2, 0.25) is 0 Å². The number of benzene rings is 4. The predicted molar refractivity (Wildman–Crippen MR) is 194 cm³/mol. The van der Waals surface area contributed by atoms with Gasteiger partial charge in [0.1, 0.15) is 24.5 Å². The van der Waals surface area contributed by atoms with Gasteiger partial charge in [-0.25, -0.2) is 4.79 Å². The van der Waals surface area contributed by atoms with Crippen molar-refractivity contribution >= 4 is 17.7 Å². The lowest BCUT2D eigenvalue weighted by Crippen LogP contribution is -2.48. The third-order valence-corrected chi connectivity index (χ3v) is 8.84. The molecule has 1 aliphatic rings. The quantitative estimate of drug-likeness (QED) is 0.129. The maximum Gasteiger partial charge on any atom is 0.407 e. The number of aryl methyl sites for hydroxylation is 1. The van der Waals surface area contributed by atoms with Gasteiger partial charge in [0.2, 0.25) is 5.91 Å². The highest BCUT2D eigenvalue weighted by atomic mass is 16.5. The number of morpholine rings is 1. The van der Waals surface area contributed by atoms with E-state index < -0.39 is 18.1 Å². The zero-order valence-electron chi connectivity index (χ0n) is 28.0. The Hall–Kier alpha value is -5.51. The number of nitrogens with one attached hydrogen (secondary N) is 3. The summed E-state index contributed by atoms with van der Waals surface area (Å²) in [5.74, 6) is -0.00833. The molecular weight excluding hydrogens is 628 g/mol. The van der Waals surface area contributed by atoms with Gasteiger partial charge in [-0.05, 0) is 71.0 Å². The molecule has 2 amide bonds. The number of carbonyl (C=O) groups is 2. The predicted octanol–water partition coefficient (Wildman–Crippen LogP) is 6.61. The summed E-state index contributed by atoms with van der Waals surface area (Å²) < 4.78 is 17.5. The molecule has 3 atom stereocenters. The monoisotopic (exact) mass is 670 g/mol. The van der Waals surface area contributed by atoms with Gasteiger partial charge in [-0.3, -0.25) is 9.78 Å². The molecule has 1 unspecified atom stereocenters. The molecule has 0 radical (unpaired) electrons. The fraction of sp³-hybridized carbons (Fsp3) is 0.244. The van der Waals surface area contributed by atoms with E-state index in [2.05, 4.69) is 20.9 Å². The number of hydrogen-bond acceptors (Lipinski definition) is 7. The van der Waals surface area contributed by atoms with Gasteiger partial charge in [-0.1, -0.05) is 91.0 Å². The van der Waals surface area contributed by atoms with E-state index in [-0.39, 0.29) is 18.1 Å². The van der Waals surface area contributed by atoms with Gasteiger partial charge in [0, 0.05) is 37.1 Å². The van der Waals surface area contributed by atoms with Crippen molar-refractivity contribution in [2.75, 3.05) is 32.1 Å². The van der Waals surface area contributed by atoms with Crippen LogP contribution in [0.1, 0.15) is 29.0 Å². The normalized spacial score (nSPS) is 16.3. The summed E-state index contributed by atoms with van der Waals surface area (Å²) in [6.45, 7) is 1.87. The number of aromatic nitrogens is 1. The Morgan fingerprint density at radius 3 is 2.10 bits per heavy atom. The molecule has 0 aliphatic carbocycles. The van der Waals surface area contributed by atoms with Crippen molar-refractivity contribution in [2.24, 2.45) is 0 Å². The number of alkyl carbamates (subject to hydrolysis) is 1. The molecule has 4 aromatic carbocycles. The number of carbonyl (C=O) groups excluding carboxylic acids is 2. The first-order chi connectivity index (χ1) is 24.6. The van der Waals surface area contributed by atoms with Gasteiger partial charge in [0.15, 0.2) is 0 Å². The molecule has 0 bridgehead atoms. The van der Waals surface area contributed by atoms with Crippen LogP contribution >= 0.6 is 0 Å². The maximum atomic E-state index is 14.1. The third kappa shape index (κ3) is 9.13. The SMILES string of the molecule is COC(=O)NC(C(=O)Nc1ccccc1CC[C@@H]1CNC[C@@H](COc2ccc(-c3ccncc3)cc2)O1)C(c1ccccc1)c1ccccc1. The third-order valence-electron chi connectivity index (χ3n) is 8.84. The number of para-hydroxylation sites is 1. The molecule has 50 heavy (non-hydrogen) atoms. The Morgan fingerprint density at radius 1 is 0.800 bits per heavy atom. The number of ether oxygens (including phenoxy) is 3. The van der Waals surface area contributed by atoms with Crippen molar-refractivity contribution < 1.29 is 23.8 Å². The lowest BCUT2D eigenvalue weighted by Gasteiger charge is -2.31. The summed E-state index contributed by atoms with van der Waals surface area (Å²) in [5.41, 5.74) is 5.67. The molecular formula is C41H42N4O5. The molecule has 0 spiro atoms. The number of pyridine rings is 1. The molecule has 1 saturated heterocycles. The number of rotatable bonds is 13. The first-order valence-electron chi connectivity index (χ1n) is 16.9. The summed E-state index contributed by atoms with van der Waals surface area (Å²) in [6.07, 6.45) is 4.20. The standard InChI is InChI=1S/C41H42N4O5/c1-48-41(47)45-39(38(32-11-4-2-5-12-32)33-13-6-3-7-14-33)40(46)44-37-15-9-8-10-31(37)18-21-35-26-43-27-36(50-35)28-49-34-19-16-29(17-20-34)30-22-24-42-25-23-30/h2-17,19-20,22-25,35-36,38-39,43H,18,21,26-28H2,1H3,(H,44,46)(H,45,47)/t35-,36+,39?/m1/s1. The Balaban J connectivity index is 1.09. The topological polar surface area (TPSA) is 111 Å². The largest absolute Gasteiger partial charge is 0.491 e. The summed E-state index contributed by atoms with van der Waals surface area (Å²) >= 11 is 0. The first-order valence-corrected chi connectivity index (χ1v) is 16.9. The number of methoxy groups -OCH3 is 1. The minimum Gasteiger partial charge on any atom is -0.491 e. The van der Waals surface area contributed by atoms with Crippen molar-refractivity contribution in [3.63, 3.8) is 0 Å². The van der Waals surface area contributed by atoms with Crippen molar-refractivity contribution in [3.8, 4) is 16.9 Å². The van der Waals surface area contributed by atoms with E-state index in [0.717, 1.165) is 46.5 Å². The number of amides is 2. The molecule has 5 aromatic rings. The minimum absolute atomic E-state index is 0.0237. The molecule has 1 aliphatic heterocycles. The van der Waals surface area contributed by atoms with Crippen molar-refractivity contribution in [1.82, 2.24) is 15.6 Å². The van der Waals surface area contributed by atoms with Crippen LogP contribution in [0, 0.1) is 0 Å². The molecule has 1 fully saturated rings. The highest BCUT2D eigenvalue weighted by Gasteiger charge is 2.33. The lowest BCUT2D eigenvalue weighted by molar-refractivity contribution is -0.118. The molecule has 1 aromatic heterocycles. The van der Waals surface area contributed by atoms with Crippen LogP contribution in [0.25, 0.3) is 11.1 Å². The van der Waals surface area contributed by atoms with Crippen LogP contribution in [-0.2, 0) is 20.7 Å². The zero-order chi connectivity index (χ0) is 34.5. The van der Waals surface area contributed by atoms with E-state index >= 15 is 0 Å². The number of anilines is 1. The fourth-order valence-electron chi connectivity index (χ4n) is 6.29. The van der Waals surface area contributed by atoms with Crippen molar-refractivity contribution in [2.45, 2.75) is 37.0 Å². The van der Waals surface area contributed by atoms with Crippen LogP contribution < -0.4 is 20.7 Å². The van der Waals surface area contributed by atoms with E-state index in [1.807, 2.05) is 121 Å². The summed E-state index contributed by atoms with van der Waals surface area (Å²) in [7, 11) is 1.29. The molecule has 2 heterocycles. The Kier molecular flexibility index (Phi) is 11.8. The average molecular weight is 671 g/mol. The van der Waals surface area contributed by atoms with E-state index in [4.69, 9.17) is 14.2 Å². The second-order valence-electron chi connectivity index (χ2n) is 12.2. The summed E-state index contributed by atoms with van der Waals surface area (Å²) in [5, 5.41) is 9.42. The number of nitrogens with zero attached hydrogens (tertiary/aromatic N) is 1. The molecule has 0 saturated carbocycles. The van der Waals surface area contributed by atoms with Gasteiger partial charge in [0.25, 0.3) is 0 Å². The lowest BCUT2D eigenvalue weighted by atomic mass is 9.84. The van der Waals surface area contributed by atoms with Gasteiger partial charge in [-0.15, -0.1) is 0 Å². The van der Waals surface area contributed by atoms with E-state index in [1.165, 1.54) is 7.11 Å².